The van der Waals surface area contributed by atoms with Gasteiger partial charge in [-0.15, -0.1) is 0 Å². The topological polar surface area (TPSA) is 115 Å². The first kappa shape index (κ1) is 33.8. The smallest absolute Gasteiger partial charge is 0.276 e. The molecule has 4 heterocycles. The molecule has 1 aliphatic heterocycles. The third-order valence-electron chi connectivity index (χ3n) is 8.25. The summed E-state index contributed by atoms with van der Waals surface area (Å²) < 4.78 is 46.2. The van der Waals surface area contributed by atoms with Crippen LogP contribution in [0.25, 0.3) is 28.0 Å². The number of anilines is 1. The van der Waals surface area contributed by atoms with E-state index in [-0.39, 0.29) is 64.3 Å². The van der Waals surface area contributed by atoms with Crippen molar-refractivity contribution in [2.45, 2.75) is 52.6 Å². The number of benzene rings is 1. The van der Waals surface area contributed by atoms with Crippen molar-refractivity contribution in [1.29, 1.82) is 5.26 Å². The minimum Gasteiger partial charge on any atom is -0.503 e. The van der Waals surface area contributed by atoms with E-state index < -0.39 is 45.0 Å². The van der Waals surface area contributed by atoms with E-state index in [0.29, 0.717) is 16.9 Å². The summed E-state index contributed by atoms with van der Waals surface area (Å²) in [5.41, 5.74) is -1.29. The number of aromatic hydroxyl groups is 1. The van der Waals surface area contributed by atoms with Crippen LogP contribution in [0.15, 0.2) is 35.8 Å². The van der Waals surface area contributed by atoms with Gasteiger partial charge in [0.15, 0.2) is 23.2 Å². The Morgan fingerprint density at radius 2 is 1.79 bits per heavy atom. The molecule has 9 nitrogen and oxygen atoms in total. The predicted molar refractivity (Wildman–Crippen MR) is 174 cm³/mol. The van der Waals surface area contributed by atoms with Gasteiger partial charge in [0, 0.05) is 36.8 Å². The van der Waals surface area contributed by atoms with Gasteiger partial charge >= 0.3 is 0 Å². The van der Waals surface area contributed by atoms with Gasteiger partial charge in [-0.05, 0) is 50.5 Å². The van der Waals surface area contributed by atoms with Crippen molar-refractivity contribution in [3.8, 4) is 28.8 Å². The number of carbonyl (C=O) groups excluding carboxylic acids is 1. The fourth-order valence-corrected chi connectivity index (χ4v) is 6.67. The summed E-state index contributed by atoms with van der Waals surface area (Å²) >= 11 is 12.4. The first-order valence-electron chi connectivity index (χ1n) is 14.6. The van der Waals surface area contributed by atoms with Gasteiger partial charge < -0.3 is 14.9 Å². The number of aromatic nitrogens is 3. The lowest BCUT2D eigenvalue weighted by Gasteiger charge is -2.45. The Balaban J connectivity index is 1.95. The van der Waals surface area contributed by atoms with Gasteiger partial charge in [0.1, 0.15) is 22.3 Å². The zero-order valence-corrected chi connectivity index (χ0v) is 27.5. The lowest BCUT2D eigenvalue weighted by atomic mass is 10.0. The normalized spacial score (nSPS) is 16.6. The molecule has 0 spiro atoms. The van der Waals surface area contributed by atoms with E-state index in [9.17, 15) is 24.3 Å². The molecule has 1 fully saturated rings. The number of halogens is 5. The lowest BCUT2D eigenvalue weighted by molar-refractivity contribution is -0.130. The van der Waals surface area contributed by atoms with Crippen LogP contribution in [0, 0.1) is 35.7 Å². The van der Waals surface area contributed by atoms with Crippen LogP contribution in [0.2, 0.25) is 10.0 Å². The molecule has 0 radical (unpaired) electrons. The molecule has 0 saturated carbocycles. The highest BCUT2D eigenvalue weighted by Crippen LogP contribution is 2.43. The lowest BCUT2D eigenvalue weighted by Crippen LogP contribution is -2.58. The van der Waals surface area contributed by atoms with E-state index >= 15 is 8.78 Å². The quantitative estimate of drug-likeness (QED) is 0.140. The number of nitriles is 1. The third-order valence-corrected chi connectivity index (χ3v) is 8.87. The number of piperazine rings is 1. The number of hydrogen-bond donors (Lipinski definition) is 1. The van der Waals surface area contributed by atoms with Crippen molar-refractivity contribution < 1.29 is 23.1 Å². The summed E-state index contributed by atoms with van der Waals surface area (Å²) in [7, 11) is 0. The van der Waals surface area contributed by atoms with E-state index in [1.54, 1.807) is 29.0 Å². The Bertz CT molecular complexity index is 2050. The standard InChI is InChI=1S/C33H29Cl2F3N6O3/c1-7-21(45)43-16(5)12-42(13-17(43)6)30-18-10-20(34)28(22-24(36)23(35)26(38)31(46)25(22)37)41-32(18)44(33(47)19(30)11-39)29-15(4)8-9-40-27(29)14(2)3/h7-10,14,16-17,46H,1,12-13H2,2-6H3/t16-,17+. The number of aryl methyl sites for hydroxylation is 1. The van der Waals surface area contributed by atoms with Crippen LogP contribution in [0.5, 0.6) is 5.75 Å². The molecule has 1 saturated heterocycles. The fourth-order valence-electron chi connectivity index (χ4n) is 6.24. The van der Waals surface area contributed by atoms with E-state index in [4.69, 9.17) is 23.2 Å². The molecule has 5 rings (SSSR count). The summed E-state index contributed by atoms with van der Waals surface area (Å²) in [5.74, 6) is -7.01. The maximum absolute atomic E-state index is 15.4. The molecular formula is C33H29Cl2F3N6O3. The third kappa shape index (κ3) is 5.37. The maximum atomic E-state index is 15.4. The summed E-state index contributed by atoms with van der Waals surface area (Å²) in [6.45, 7) is 13.0. The summed E-state index contributed by atoms with van der Waals surface area (Å²) in [4.78, 5) is 39.5. The molecule has 1 aliphatic rings. The van der Waals surface area contributed by atoms with Gasteiger partial charge in [-0.25, -0.2) is 18.2 Å². The number of amides is 1. The predicted octanol–water partition coefficient (Wildman–Crippen LogP) is 6.79. The van der Waals surface area contributed by atoms with Crippen LogP contribution < -0.4 is 10.5 Å². The van der Waals surface area contributed by atoms with Gasteiger partial charge in [-0.2, -0.15) is 5.26 Å². The molecule has 2 atom stereocenters. The minimum atomic E-state index is -1.70. The van der Waals surface area contributed by atoms with Crippen LogP contribution in [-0.2, 0) is 4.79 Å². The summed E-state index contributed by atoms with van der Waals surface area (Å²) in [6, 6.07) is 4.24. The summed E-state index contributed by atoms with van der Waals surface area (Å²) in [6.07, 6.45) is 2.78. The highest BCUT2D eigenvalue weighted by molar-refractivity contribution is 6.34. The molecule has 0 bridgehead atoms. The molecule has 1 N–H and O–H groups in total. The Morgan fingerprint density at radius 3 is 2.36 bits per heavy atom. The first-order chi connectivity index (χ1) is 22.2. The second-order valence-corrected chi connectivity index (χ2v) is 12.5. The molecule has 0 unspecified atom stereocenters. The van der Waals surface area contributed by atoms with Gasteiger partial charge in [-0.1, -0.05) is 43.6 Å². The Morgan fingerprint density at radius 1 is 1.15 bits per heavy atom. The highest BCUT2D eigenvalue weighted by Gasteiger charge is 2.36. The second-order valence-electron chi connectivity index (χ2n) is 11.7. The monoisotopic (exact) mass is 684 g/mol. The molecule has 244 valence electrons. The molecule has 47 heavy (non-hydrogen) atoms. The first-order valence-corrected chi connectivity index (χ1v) is 15.3. The van der Waals surface area contributed by atoms with Crippen molar-refractivity contribution in [2.75, 3.05) is 18.0 Å². The summed E-state index contributed by atoms with van der Waals surface area (Å²) in [5, 5.41) is 19.2. The molecular weight excluding hydrogens is 656 g/mol. The zero-order valence-electron chi connectivity index (χ0n) is 26.0. The molecule has 14 heteroatoms. The van der Waals surface area contributed by atoms with E-state index in [1.165, 1.54) is 12.1 Å². The van der Waals surface area contributed by atoms with Crippen molar-refractivity contribution in [1.82, 2.24) is 19.4 Å². The Hall–Kier alpha value is -4.60. The molecule has 0 aliphatic carbocycles. The second kappa shape index (κ2) is 12.5. The molecule has 1 amide bonds. The van der Waals surface area contributed by atoms with Gasteiger partial charge in [0.25, 0.3) is 5.56 Å². The Labute approximate surface area is 278 Å². The maximum Gasteiger partial charge on any atom is 0.276 e. The number of rotatable bonds is 5. The van der Waals surface area contributed by atoms with E-state index in [1.807, 2.05) is 33.8 Å². The average molecular weight is 686 g/mol. The van der Waals surface area contributed by atoms with E-state index in [0.717, 1.165) is 4.57 Å². The van der Waals surface area contributed by atoms with Crippen molar-refractivity contribution in [3.05, 3.63) is 85.7 Å². The minimum absolute atomic E-state index is 0.148. The number of fused-ring (bicyclic) bond motifs is 1. The number of pyridine rings is 3. The van der Waals surface area contributed by atoms with Crippen LogP contribution in [0.1, 0.15) is 50.4 Å². The van der Waals surface area contributed by atoms with Gasteiger partial charge in [-0.3, -0.25) is 19.1 Å². The van der Waals surface area contributed by atoms with Crippen molar-refractivity contribution in [2.24, 2.45) is 0 Å². The zero-order chi connectivity index (χ0) is 34.6. The average Bonchev–Trinajstić information content (AvgIpc) is 3.02. The van der Waals surface area contributed by atoms with Crippen LogP contribution in [0.4, 0.5) is 18.9 Å². The molecule has 3 aromatic heterocycles. The number of phenols is 1. The van der Waals surface area contributed by atoms with Crippen LogP contribution >= 0.6 is 23.2 Å². The SMILES string of the molecule is C=CC(=O)N1[C@H](C)CN(c2c(C#N)c(=O)n(-c3c(C)ccnc3C(C)C)c3nc(-c4c(F)c(O)c(F)c(Cl)c4F)c(Cl)cc23)C[C@@H]1C. The largest absolute Gasteiger partial charge is 0.503 e. The Kier molecular flexibility index (Phi) is 9.01. The van der Waals surface area contributed by atoms with Crippen molar-refractivity contribution in [3.63, 3.8) is 0 Å². The van der Waals surface area contributed by atoms with Crippen LogP contribution in [0.3, 0.4) is 0 Å². The molecule has 1 aromatic carbocycles. The van der Waals surface area contributed by atoms with Crippen LogP contribution in [-0.4, -0.2) is 55.6 Å². The van der Waals surface area contributed by atoms with Gasteiger partial charge in [0.05, 0.1) is 33.3 Å². The number of nitrogens with zero attached hydrogens (tertiary/aromatic N) is 6. The number of phenolic OH excluding ortho intramolecular Hbond substituents is 1. The van der Waals surface area contributed by atoms with E-state index in [2.05, 4.69) is 16.5 Å². The number of carbonyl (C=O) groups is 1. The highest BCUT2D eigenvalue weighted by atomic mass is 35.5. The van der Waals surface area contributed by atoms with Crippen molar-refractivity contribution >= 4 is 45.8 Å². The van der Waals surface area contributed by atoms with Gasteiger partial charge in [0.2, 0.25) is 5.91 Å². The fraction of sp³-hybridized carbons (Fsp3) is 0.303. The number of hydrogen-bond acceptors (Lipinski definition) is 7. The molecule has 4 aromatic rings.